The van der Waals surface area contributed by atoms with E-state index in [2.05, 4.69) is 30.9 Å². The zero-order valence-electron chi connectivity index (χ0n) is 15.3. The van der Waals surface area contributed by atoms with Crippen LogP contribution in [0.1, 0.15) is 35.5 Å². The van der Waals surface area contributed by atoms with Crippen molar-refractivity contribution < 1.29 is 13.2 Å². The second kappa shape index (κ2) is 7.07. The van der Waals surface area contributed by atoms with Crippen molar-refractivity contribution in [3.8, 4) is 0 Å². The molecule has 0 N–H and O–H groups in total. The SMILES string of the molecule is Cc1c(C(C)/N=c2\nc(C)n(C)c3ncc(Br)cc23)cccc1C(F)(F)F. The van der Waals surface area contributed by atoms with Crippen LogP contribution in [0.5, 0.6) is 0 Å². The third-order valence-corrected chi connectivity index (χ3v) is 5.03. The summed E-state index contributed by atoms with van der Waals surface area (Å²) >= 11 is 3.40. The quantitative estimate of drug-likeness (QED) is 0.563. The molecule has 3 rings (SSSR count). The van der Waals surface area contributed by atoms with Crippen LogP contribution < -0.4 is 5.49 Å². The van der Waals surface area contributed by atoms with Crippen LogP contribution in [0.3, 0.4) is 0 Å². The average molecular weight is 439 g/mol. The van der Waals surface area contributed by atoms with Gasteiger partial charge in [-0.25, -0.2) is 9.97 Å². The molecule has 3 aromatic rings. The Bertz CT molecular complexity index is 1090. The Labute approximate surface area is 162 Å². The Hall–Kier alpha value is -2.22. The van der Waals surface area contributed by atoms with Crippen LogP contribution in [-0.4, -0.2) is 14.5 Å². The number of hydrogen-bond acceptors (Lipinski definition) is 3. The standard InChI is InChI=1S/C19H18BrF3N4/c1-10-14(6-5-7-16(10)19(21,22)23)11(2)25-17-15-8-13(20)9-24-18(15)27(4)12(3)26-17/h5-9,11H,1-4H3/b25-17-. The minimum absolute atomic E-state index is 0.183. The van der Waals surface area contributed by atoms with E-state index in [1.54, 1.807) is 19.2 Å². The lowest BCUT2D eigenvalue weighted by atomic mass is 9.97. The van der Waals surface area contributed by atoms with Crippen molar-refractivity contribution in [1.82, 2.24) is 14.5 Å². The molecule has 0 spiro atoms. The molecule has 0 aliphatic carbocycles. The zero-order chi connectivity index (χ0) is 19.9. The summed E-state index contributed by atoms with van der Waals surface area (Å²) in [4.78, 5) is 13.6. The topological polar surface area (TPSA) is 43.1 Å². The number of fused-ring (bicyclic) bond motifs is 1. The maximum absolute atomic E-state index is 13.2. The van der Waals surface area contributed by atoms with Crippen LogP contribution in [0.4, 0.5) is 13.2 Å². The molecule has 0 radical (unpaired) electrons. The average Bonchev–Trinajstić information content (AvgIpc) is 2.58. The van der Waals surface area contributed by atoms with E-state index in [1.807, 2.05) is 24.6 Å². The normalized spacial score (nSPS) is 14.0. The van der Waals surface area contributed by atoms with Crippen LogP contribution in [0.15, 0.2) is 39.9 Å². The van der Waals surface area contributed by atoms with E-state index in [4.69, 9.17) is 0 Å². The summed E-state index contributed by atoms with van der Waals surface area (Å²) < 4.78 is 42.3. The first-order valence-corrected chi connectivity index (χ1v) is 9.08. The summed E-state index contributed by atoms with van der Waals surface area (Å²) in [6, 6.07) is 5.54. The Balaban J connectivity index is 2.21. The predicted molar refractivity (Wildman–Crippen MR) is 101 cm³/mol. The van der Waals surface area contributed by atoms with Crippen LogP contribution in [0.25, 0.3) is 11.0 Å². The van der Waals surface area contributed by atoms with Crippen molar-refractivity contribution in [2.24, 2.45) is 12.0 Å². The first-order chi connectivity index (χ1) is 12.6. The fourth-order valence-corrected chi connectivity index (χ4v) is 3.40. The Morgan fingerprint density at radius 3 is 2.59 bits per heavy atom. The van der Waals surface area contributed by atoms with Crippen molar-refractivity contribution >= 4 is 27.0 Å². The maximum atomic E-state index is 13.2. The molecule has 0 bridgehead atoms. The molecule has 1 atom stereocenters. The van der Waals surface area contributed by atoms with Crippen molar-refractivity contribution in [2.45, 2.75) is 33.0 Å². The number of aryl methyl sites for hydroxylation is 2. The van der Waals surface area contributed by atoms with Gasteiger partial charge in [-0.15, -0.1) is 0 Å². The molecule has 0 fully saturated rings. The third-order valence-electron chi connectivity index (χ3n) is 4.59. The molecule has 0 amide bonds. The molecule has 4 nitrogen and oxygen atoms in total. The number of alkyl halides is 3. The molecule has 1 aromatic carbocycles. The highest BCUT2D eigenvalue weighted by atomic mass is 79.9. The second-order valence-electron chi connectivity index (χ2n) is 6.39. The second-order valence-corrected chi connectivity index (χ2v) is 7.30. The van der Waals surface area contributed by atoms with Gasteiger partial charge < -0.3 is 4.57 Å². The minimum atomic E-state index is -4.39. The highest BCUT2D eigenvalue weighted by molar-refractivity contribution is 9.10. The lowest BCUT2D eigenvalue weighted by Crippen LogP contribution is -2.19. The summed E-state index contributed by atoms with van der Waals surface area (Å²) in [5, 5.41) is 0.731. The fourth-order valence-electron chi connectivity index (χ4n) is 3.07. The van der Waals surface area contributed by atoms with E-state index in [0.29, 0.717) is 22.5 Å². The summed E-state index contributed by atoms with van der Waals surface area (Å²) in [5.74, 6) is 0.712. The largest absolute Gasteiger partial charge is 0.416 e. The number of halogens is 4. The van der Waals surface area contributed by atoms with Crippen molar-refractivity contribution in [3.05, 3.63) is 62.9 Å². The van der Waals surface area contributed by atoms with Gasteiger partial charge >= 0.3 is 6.18 Å². The predicted octanol–water partition coefficient (Wildman–Crippen LogP) is 5.03. The van der Waals surface area contributed by atoms with Gasteiger partial charge in [-0.2, -0.15) is 13.2 Å². The number of pyridine rings is 1. The molecule has 27 heavy (non-hydrogen) atoms. The highest BCUT2D eigenvalue weighted by Gasteiger charge is 2.33. The fraction of sp³-hybridized carbons (Fsp3) is 0.316. The minimum Gasteiger partial charge on any atom is -0.317 e. The van der Waals surface area contributed by atoms with Gasteiger partial charge in [-0.1, -0.05) is 12.1 Å². The smallest absolute Gasteiger partial charge is 0.317 e. The van der Waals surface area contributed by atoms with Crippen molar-refractivity contribution in [2.75, 3.05) is 0 Å². The van der Waals surface area contributed by atoms with Crippen LogP contribution in [-0.2, 0) is 13.2 Å². The van der Waals surface area contributed by atoms with E-state index in [9.17, 15) is 13.2 Å². The van der Waals surface area contributed by atoms with E-state index in [-0.39, 0.29) is 5.56 Å². The molecule has 1 unspecified atom stereocenters. The number of benzene rings is 1. The summed E-state index contributed by atoms with van der Waals surface area (Å²) in [7, 11) is 1.86. The monoisotopic (exact) mass is 438 g/mol. The Morgan fingerprint density at radius 1 is 1.22 bits per heavy atom. The number of nitrogens with zero attached hydrogens (tertiary/aromatic N) is 4. The molecule has 2 heterocycles. The van der Waals surface area contributed by atoms with Gasteiger partial charge in [-0.05, 0) is 60.0 Å². The van der Waals surface area contributed by atoms with E-state index >= 15 is 0 Å². The molecular weight excluding hydrogens is 421 g/mol. The molecule has 142 valence electrons. The lowest BCUT2D eigenvalue weighted by molar-refractivity contribution is -0.138. The van der Waals surface area contributed by atoms with Gasteiger partial charge in [0.15, 0.2) is 5.49 Å². The van der Waals surface area contributed by atoms with Gasteiger partial charge in [-0.3, -0.25) is 4.99 Å². The van der Waals surface area contributed by atoms with E-state index in [1.165, 1.54) is 13.0 Å². The molecular formula is C19H18BrF3N4. The lowest BCUT2D eigenvalue weighted by Gasteiger charge is -2.16. The van der Waals surface area contributed by atoms with Crippen LogP contribution >= 0.6 is 15.9 Å². The van der Waals surface area contributed by atoms with Gasteiger partial charge in [0.25, 0.3) is 0 Å². The number of aromatic nitrogens is 3. The van der Waals surface area contributed by atoms with Crippen LogP contribution in [0.2, 0.25) is 0 Å². The van der Waals surface area contributed by atoms with Gasteiger partial charge in [0.1, 0.15) is 11.5 Å². The zero-order valence-corrected chi connectivity index (χ0v) is 16.9. The van der Waals surface area contributed by atoms with E-state index < -0.39 is 17.8 Å². The van der Waals surface area contributed by atoms with Crippen molar-refractivity contribution in [1.29, 1.82) is 0 Å². The Morgan fingerprint density at radius 2 is 1.93 bits per heavy atom. The van der Waals surface area contributed by atoms with Crippen molar-refractivity contribution in [3.63, 3.8) is 0 Å². The van der Waals surface area contributed by atoms with Crippen LogP contribution in [0, 0.1) is 13.8 Å². The van der Waals surface area contributed by atoms with Gasteiger partial charge in [0.2, 0.25) is 0 Å². The first-order valence-electron chi connectivity index (χ1n) is 8.29. The maximum Gasteiger partial charge on any atom is 0.416 e. The first kappa shape index (κ1) is 19.5. The molecule has 0 aliphatic heterocycles. The molecule has 0 aliphatic rings. The summed E-state index contributed by atoms with van der Waals surface area (Å²) in [5.41, 5.74) is 1.23. The number of rotatable bonds is 2. The highest BCUT2D eigenvalue weighted by Crippen LogP contribution is 2.35. The Kier molecular flexibility index (Phi) is 5.12. The third kappa shape index (κ3) is 3.76. The van der Waals surface area contributed by atoms with Gasteiger partial charge in [0.05, 0.1) is 17.0 Å². The summed E-state index contributed by atoms with van der Waals surface area (Å²) in [6.45, 7) is 5.08. The summed E-state index contributed by atoms with van der Waals surface area (Å²) in [6.07, 6.45) is -2.71. The van der Waals surface area contributed by atoms with E-state index in [0.717, 1.165) is 15.9 Å². The molecule has 2 aromatic heterocycles. The van der Waals surface area contributed by atoms with Gasteiger partial charge in [0, 0.05) is 17.7 Å². The molecule has 0 saturated carbocycles. The number of hydrogen-bond donors (Lipinski definition) is 0. The molecule has 0 saturated heterocycles. The molecule has 8 heteroatoms.